The van der Waals surface area contributed by atoms with Gasteiger partial charge in [-0.1, -0.05) is 49.7 Å². The Morgan fingerprint density at radius 2 is 1.80 bits per heavy atom. The average molecular weight is 612 g/mol. The van der Waals surface area contributed by atoms with Crippen molar-refractivity contribution in [1.29, 1.82) is 0 Å². The van der Waals surface area contributed by atoms with Gasteiger partial charge in [-0.15, -0.1) is 11.8 Å². The van der Waals surface area contributed by atoms with Crippen LogP contribution in [0.25, 0.3) is 0 Å². The zero-order valence-electron chi connectivity index (χ0n) is 20.5. The Hall–Kier alpha value is -1.19. The first kappa shape index (κ1) is 25.5. The van der Waals surface area contributed by atoms with Crippen LogP contribution in [0.1, 0.15) is 63.0 Å². The third-order valence-electron chi connectivity index (χ3n) is 8.90. The number of urea groups is 1. The molecule has 7 heteroatoms. The highest BCUT2D eigenvalue weighted by molar-refractivity contribution is 14.1. The lowest BCUT2D eigenvalue weighted by atomic mass is 9.65. The van der Waals surface area contributed by atoms with Crippen molar-refractivity contribution in [3.63, 3.8) is 0 Å². The second kappa shape index (κ2) is 9.60. The second-order valence-corrected chi connectivity index (χ2v) is 13.2. The molecule has 1 aliphatic heterocycles. The van der Waals surface area contributed by atoms with Crippen molar-refractivity contribution in [2.75, 3.05) is 24.2 Å². The van der Waals surface area contributed by atoms with Crippen LogP contribution in [0.2, 0.25) is 0 Å². The molecule has 1 heterocycles. The van der Waals surface area contributed by atoms with Gasteiger partial charge in [0.1, 0.15) is 5.54 Å². The molecule has 2 aromatic rings. The molecule has 2 aromatic carbocycles. The van der Waals surface area contributed by atoms with E-state index in [4.69, 9.17) is 0 Å². The number of carbonyl (C=O) groups excluding carboxylic acids is 1. The van der Waals surface area contributed by atoms with Gasteiger partial charge in [0.2, 0.25) is 0 Å². The van der Waals surface area contributed by atoms with E-state index in [-0.39, 0.29) is 22.5 Å². The van der Waals surface area contributed by atoms with E-state index in [1.807, 2.05) is 11.2 Å². The number of anilines is 1. The van der Waals surface area contributed by atoms with Crippen molar-refractivity contribution in [2.24, 2.45) is 5.92 Å². The van der Waals surface area contributed by atoms with Gasteiger partial charge in [0, 0.05) is 51.8 Å². The zero-order chi connectivity index (χ0) is 24.8. The largest absolute Gasteiger partial charge is 0.422 e. The molecule has 3 fully saturated rings. The predicted molar refractivity (Wildman–Crippen MR) is 147 cm³/mol. The molecule has 35 heavy (non-hydrogen) atoms. The summed E-state index contributed by atoms with van der Waals surface area (Å²) in [5, 5.41) is 0. The Labute approximate surface area is 225 Å². The molecule has 1 saturated heterocycles. The fraction of sp³-hybridized carbons (Fsp3) is 0.536. The number of amides is 2. The van der Waals surface area contributed by atoms with Gasteiger partial charge in [-0.05, 0) is 55.1 Å². The fourth-order valence-electron chi connectivity index (χ4n) is 6.29. The van der Waals surface area contributed by atoms with Crippen LogP contribution in [0.5, 0.6) is 0 Å². The summed E-state index contributed by atoms with van der Waals surface area (Å²) < 4.78 is 25.1. The van der Waals surface area contributed by atoms with Gasteiger partial charge >= 0.3 is 9.96 Å². The lowest BCUT2D eigenvalue weighted by Crippen LogP contribution is -3.21. The summed E-state index contributed by atoms with van der Waals surface area (Å²) in [6, 6.07) is 15.7. The van der Waals surface area contributed by atoms with Crippen LogP contribution in [-0.2, 0) is 9.34 Å². The Morgan fingerprint density at radius 1 is 1.11 bits per heavy atom. The Kier molecular flexibility index (Phi) is 6.98. The van der Waals surface area contributed by atoms with E-state index in [9.17, 15) is 13.6 Å². The van der Waals surface area contributed by atoms with E-state index in [1.54, 1.807) is 12.1 Å². The molecule has 0 radical (unpaired) electrons. The molecule has 1 spiro atoms. The first-order valence-corrected chi connectivity index (χ1v) is 14.9. The quantitative estimate of drug-likeness (QED) is 0.221. The third kappa shape index (κ3) is 4.77. The predicted octanol–water partition coefficient (Wildman–Crippen LogP) is 6.79. The Bertz CT molecular complexity index is 1080. The lowest BCUT2D eigenvalue weighted by molar-refractivity contribution is -0.869. The smallest absolute Gasteiger partial charge is 0.255 e. The highest BCUT2D eigenvalue weighted by Gasteiger charge is 2.58. The number of hydrogen-bond acceptors (Lipinski definition) is 2. The normalized spacial score (nSPS) is 29.6. The minimum Gasteiger partial charge on any atom is -0.255 e. The number of halogens is 3. The summed E-state index contributed by atoms with van der Waals surface area (Å²) in [6.07, 6.45) is 9.70. The summed E-state index contributed by atoms with van der Waals surface area (Å²) >= 11 is 2.61. The van der Waals surface area contributed by atoms with Gasteiger partial charge in [-0.3, -0.25) is 4.90 Å². The number of carbonyl (C=O) groups is 1. The minimum absolute atomic E-state index is 0.0116. The van der Waals surface area contributed by atoms with Crippen LogP contribution < -0.4 is 9.80 Å². The summed E-state index contributed by atoms with van der Waals surface area (Å²) in [5.74, 6) is 0.619. The number of nitrogens with one attached hydrogen (secondary N) is 1. The van der Waals surface area contributed by atoms with Crippen molar-refractivity contribution in [1.82, 2.24) is 0 Å². The summed E-state index contributed by atoms with van der Waals surface area (Å²) in [7, 11) is 0. The van der Waals surface area contributed by atoms with Crippen LogP contribution in [0.4, 0.5) is 19.3 Å². The molecule has 3 aliphatic rings. The van der Waals surface area contributed by atoms with Crippen molar-refractivity contribution in [3.8, 4) is 0 Å². The molecule has 0 bridgehead atoms. The average Bonchev–Trinajstić information content (AvgIpc) is 3.09. The maximum absolute atomic E-state index is 14.0. The standard InChI is InChI=1S/C28H33F2IN2OS/c1-26(21-9-4-3-5-10-21)13-15-27(16-14-26)19-32(25(34)33(27)18-20-7-6-8-20)23-12-11-22(28(29,30)31)17-24(23)35-2/h3-5,9-12,17,20H,6-8,13-16,18-19H2,1-2H3/p+1. The highest BCUT2D eigenvalue weighted by atomic mass is 127. The monoisotopic (exact) mass is 611 g/mol. The van der Waals surface area contributed by atoms with E-state index in [0.29, 0.717) is 12.5 Å². The van der Waals surface area contributed by atoms with Gasteiger partial charge in [-0.2, -0.15) is 8.78 Å². The Balaban J connectivity index is 1.45. The van der Waals surface area contributed by atoms with Crippen LogP contribution >= 0.6 is 34.4 Å². The number of alkyl halides is 3. The van der Waals surface area contributed by atoms with Crippen molar-refractivity contribution >= 4 is 46.1 Å². The molecule has 5 rings (SSSR count). The first-order chi connectivity index (χ1) is 16.7. The zero-order valence-corrected chi connectivity index (χ0v) is 23.4. The third-order valence-corrected chi connectivity index (χ3v) is 10.3. The minimum atomic E-state index is -2.93. The number of nitrogens with zero attached hydrogens (tertiary/aromatic N) is 1. The van der Waals surface area contributed by atoms with Gasteiger partial charge < -0.3 is 0 Å². The number of thioether (sulfide) groups is 1. The fourth-order valence-corrected chi connectivity index (χ4v) is 7.26. The number of hydrogen-bond donors (Lipinski definition) is 1. The van der Waals surface area contributed by atoms with Crippen LogP contribution in [-0.4, -0.2) is 30.9 Å². The SMILES string of the molecule is CSc1cc(C(F)(F)I)ccc1N1CC2(CCC(C)(c3ccccc3)CC2)[NH+](CC2CCC2)C1=O. The van der Waals surface area contributed by atoms with Crippen molar-refractivity contribution in [3.05, 3.63) is 59.7 Å². The summed E-state index contributed by atoms with van der Waals surface area (Å²) in [4.78, 5) is 17.7. The summed E-state index contributed by atoms with van der Waals surface area (Å²) in [6.45, 7) is 3.94. The topological polar surface area (TPSA) is 24.8 Å². The molecular weight excluding hydrogens is 577 g/mol. The molecule has 188 valence electrons. The molecule has 2 saturated carbocycles. The maximum Gasteiger partial charge on any atom is 0.422 e. The summed E-state index contributed by atoms with van der Waals surface area (Å²) in [5.41, 5.74) is 2.18. The second-order valence-electron chi connectivity index (χ2n) is 11.0. The molecule has 1 unspecified atom stereocenters. The molecule has 2 amide bonds. The van der Waals surface area contributed by atoms with Crippen molar-refractivity contribution in [2.45, 2.75) is 71.6 Å². The van der Waals surface area contributed by atoms with E-state index in [1.165, 1.54) is 65.2 Å². The van der Waals surface area contributed by atoms with Gasteiger partial charge in [0.25, 0.3) is 0 Å². The number of benzene rings is 2. The van der Waals surface area contributed by atoms with E-state index in [0.717, 1.165) is 47.7 Å². The van der Waals surface area contributed by atoms with Crippen LogP contribution in [0.3, 0.4) is 0 Å². The van der Waals surface area contributed by atoms with Crippen LogP contribution in [0, 0.1) is 5.92 Å². The van der Waals surface area contributed by atoms with Gasteiger partial charge in [0.15, 0.2) is 0 Å². The van der Waals surface area contributed by atoms with Gasteiger partial charge in [-0.25, -0.2) is 9.69 Å². The van der Waals surface area contributed by atoms with Crippen molar-refractivity contribution < 1.29 is 18.5 Å². The molecule has 3 nitrogen and oxygen atoms in total. The first-order valence-electron chi connectivity index (χ1n) is 12.6. The van der Waals surface area contributed by atoms with Crippen LogP contribution in [0.15, 0.2) is 53.4 Å². The van der Waals surface area contributed by atoms with Gasteiger partial charge in [0.05, 0.1) is 18.8 Å². The Morgan fingerprint density at radius 3 is 2.37 bits per heavy atom. The molecule has 2 aliphatic carbocycles. The number of rotatable bonds is 6. The number of quaternary nitrogens is 1. The molecular formula is C28H34F2IN2OS+. The van der Waals surface area contributed by atoms with E-state index < -0.39 is 3.93 Å². The van der Waals surface area contributed by atoms with E-state index in [2.05, 4.69) is 37.3 Å². The highest BCUT2D eigenvalue weighted by Crippen LogP contribution is 2.45. The molecule has 1 atom stereocenters. The molecule has 1 N–H and O–H groups in total. The molecule has 0 aromatic heterocycles. The van der Waals surface area contributed by atoms with E-state index >= 15 is 0 Å². The maximum atomic E-state index is 14.0. The lowest BCUT2D eigenvalue weighted by Gasteiger charge is -2.44.